The van der Waals surface area contributed by atoms with Crippen molar-refractivity contribution in [2.45, 2.75) is 59.5 Å². The van der Waals surface area contributed by atoms with Crippen LogP contribution in [-0.2, 0) is 21.5 Å². The molecule has 1 N–H and O–H groups in total. The van der Waals surface area contributed by atoms with Gasteiger partial charge in [0.1, 0.15) is 17.3 Å². The monoisotopic (exact) mass is 541 g/mol. The minimum atomic E-state index is -0.752. The van der Waals surface area contributed by atoms with Gasteiger partial charge in [0, 0.05) is 12.1 Å². The van der Waals surface area contributed by atoms with Crippen LogP contribution in [0.15, 0.2) is 72.3 Å². The molecule has 1 atom stereocenters. The van der Waals surface area contributed by atoms with Crippen LogP contribution in [0.2, 0.25) is 0 Å². The summed E-state index contributed by atoms with van der Waals surface area (Å²) in [6.07, 6.45) is 0. The van der Waals surface area contributed by atoms with Crippen molar-refractivity contribution < 1.29 is 24.2 Å². The summed E-state index contributed by atoms with van der Waals surface area (Å²) in [6.45, 7) is 13.2. The third kappa shape index (κ3) is 6.06. The molecule has 1 aliphatic rings. The Kier molecular flexibility index (Phi) is 8.38. The van der Waals surface area contributed by atoms with E-state index in [1.54, 1.807) is 25.3 Å². The molecule has 0 aromatic heterocycles. The zero-order valence-corrected chi connectivity index (χ0v) is 24.4. The lowest BCUT2D eigenvalue weighted by molar-refractivity contribution is -0.140. The predicted molar refractivity (Wildman–Crippen MR) is 157 cm³/mol. The molecule has 3 aromatic rings. The maximum atomic E-state index is 13.5. The lowest BCUT2D eigenvalue weighted by atomic mass is 9.85. The van der Waals surface area contributed by atoms with Crippen LogP contribution < -0.4 is 9.47 Å². The molecule has 0 bridgehead atoms. The van der Waals surface area contributed by atoms with Gasteiger partial charge in [-0.25, -0.2) is 0 Å². The number of hydrogen-bond acceptors (Lipinski definition) is 5. The SMILES string of the molecule is COc1cccc(CN2C(=O)C(=O)/C(=C(\O)c3ccc(OCC(C)C)c(C)c3)C2c2ccc(C(C)(C)C)cc2)c1. The molecule has 40 heavy (non-hydrogen) atoms. The normalized spacial score (nSPS) is 17.0. The maximum absolute atomic E-state index is 13.5. The highest BCUT2D eigenvalue weighted by Gasteiger charge is 2.46. The van der Waals surface area contributed by atoms with E-state index in [2.05, 4.69) is 34.6 Å². The van der Waals surface area contributed by atoms with Gasteiger partial charge in [0.05, 0.1) is 25.3 Å². The summed E-state index contributed by atoms with van der Waals surface area (Å²) in [6, 6.07) is 19.9. The summed E-state index contributed by atoms with van der Waals surface area (Å²) in [4.78, 5) is 28.5. The van der Waals surface area contributed by atoms with Gasteiger partial charge in [0.15, 0.2) is 0 Å². The molecule has 1 fully saturated rings. The first-order valence-corrected chi connectivity index (χ1v) is 13.7. The average molecular weight is 542 g/mol. The summed E-state index contributed by atoms with van der Waals surface area (Å²) in [5.74, 6) is 0.201. The van der Waals surface area contributed by atoms with E-state index < -0.39 is 17.7 Å². The molecule has 0 radical (unpaired) electrons. The topological polar surface area (TPSA) is 76.1 Å². The van der Waals surface area contributed by atoms with Gasteiger partial charge in [-0.15, -0.1) is 0 Å². The van der Waals surface area contributed by atoms with E-state index in [4.69, 9.17) is 9.47 Å². The van der Waals surface area contributed by atoms with Gasteiger partial charge in [-0.3, -0.25) is 9.59 Å². The lowest BCUT2D eigenvalue weighted by Crippen LogP contribution is -2.29. The van der Waals surface area contributed by atoms with E-state index in [1.807, 2.05) is 55.5 Å². The Hall–Kier alpha value is -4.06. The molecule has 6 heteroatoms. The zero-order valence-electron chi connectivity index (χ0n) is 24.4. The van der Waals surface area contributed by atoms with Crippen molar-refractivity contribution in [2.24, 2.45) is 5.92 Å². The van der Waals surface area contributed by atoms with E-state index in [1.165, 1.54) is 4.90 Å². The van der Waals surface area contributed by atoms with Crippen LogP contribution in [0.25, 0.3) is 5.76 Å². The van der Waals surface area contributed by atoms with Crippen LogP contribution >= 0.6 is 0 Å². The van der Waals surface area contributed by atoms with E-state index in [9.17, 15) is 14.7 Å². The predicted octanol–water partition coefficient (Wildman–Crippen LogP) is 6.96. The van der Waals surface area contributed by atoms with E-state index >= 15 is 0 Å². The first-order valence-electron chi connectivity index (χ1n) is 13.7. The molecule has 1 unspecified atom stereocenters. The number of methoxy groups -OCH3 is 1. The molecule has 6 nitrogen and oxygen atoms in total. The molecule has 1 aliphatic heterocycles. The quantitative estimate of drug-likeness (QED) is 0.190. The minimum absolute atomic E-state index is 0.0577. The summed E-state index contributed by atoms with van der Waals surface area (Å²) >= 11 is 0. The van der Waals surface area contributed by atoms with E-state index in [0.29, 0.717) is 23.8 Å². The third-order valence-corrected chi connectivity index (χ3v) is 7.14. The van der Waals surface area contributed by atoms with Crippen LogP contribution in [0.4, 0.5) is 0 Å². The first kappa shape index (κ1) is 28.9. The van der Waals surface area contributed by atoms with Gasteiger partial charge < -0.3 is 19.5 Å². The molecule has 1 amide bonds. The number of nitrogens with zero attached hydrogens (tertiary/aromatic N) is 1. The molecule has 1 heterocycles. The van der Waals surface area contributed by atoms with Crippen LogP contribution in [0.5, 0.6) is 11.5 Å². The number of ketones is 1. The minimum Gasteiger partial charge on any atom is -0.507 e. The van der Waals surface area contributed by atoms with Crippen LogP contribution in [-0.4, -0.2) is 35.4 Å². The number of amides is 1. The number of aryl methyl sites for hydroxylation is 1. The second-order valence-electron chi connectivity index (χ2n) is 11.8. The molecule has 0 saturated carbocycles. The van der Waals surface area contributed by atoms with E-state index in [0.717, 1.165) is 28.0 Å². The Morgan fingerprint density at radius 2 is 1.70 bits per heavy atom. The smallest absolute Gasteiger partial charge is 0.295 e. The molecule has 210 valence electrons. The van der Waals surface area contributed by atoms with Crippen molar-refractivity contribution in [1.82, 2.24) is 4.90 Å². The number of aliphatic hydroxyl groups is 1. The fraction of sp³-hybridized carbons (Fsp3) is 0.353. The number of carbonyl (C=O) groups excluding carboxylic acids is 2. The number of hydrogen-bond donors (Lipinski definition) is 1. The van der Waals surface area contributed by atoms with Gasteiger partial charge in [0.2, 0.25) is 0 Å². The maximum Gasteiger partial charge on any atom is 0.295 e. The number of aliphatic hydroxyl groups excluding tert-OH is 1. The second-order valence-corrected chi connectivity index (χ2v) is 11.8. The second kappa shape index (κ2) is 11.6. The molecular weight excluding hydrogens is 502 g/mol. The van der Waals surface area contributed by atoms with Crippen molar-refractivity contribution in [1.29, 1.82) is 0 Å². The highest BCUT2D eigenvalue weighted by Crippen LogP contribution is 2.41. The van der Waals surface area contributed by atoms with E-state index in [-0.39, 0.29) is 23.3 Å². The molecular formula is C34H39NO5. The standard InChI is InChI=1S/C34H39NO5/c1-21(2)20-40-28-16-13-25(17-22(28)3)31(36)29-30(24-11-14-26(15-12-24)34(4,5)6)35(33(38)32(29)37)19-23-9-8-10-27(18-23)39-7/h8-18,21,30,36H,19-20H2,1-7H3/b31-29-. The number of benzene rings is 3. The van der Waals surface area contributed by atoms with Gasteiger partial charge in [-0.1, -0.05) is 71.0 Å². The Morgan fingerprint density at radius 1 is 1.00 bits per heavy atom. The Balaban J connectivity index is 1.81. The van der Waals surface area contributed by atoms with Gasteiger partial charge in [0.25, 0.3) is 11.7 Å². The fourth-order valence-electron chi connectivity index (χ4n) is 4.89. The molecule has 1 saturated heterocycles. The number of rotatable bonds is 8. The summed E-state index contributed by atoms with van der Waals surface area (Å²) in [5, 5.41) is 11.5. The molecule has 4 rings (SSSR count). The van der Waals surface area contributed by atoms with Crippen molar-refractivity contribution in [3.05, 3.63) is 100 Å². The summed E-state index contributed by atoms with van der Waals surface area (Å²) in [5.41, 5.74) is 4.02. The van der Waals surface area contributed by atoms with Gasteiger partial charge in [-0.2, -0.15) is 0 Å². The van der Waals surface area contributed by atoms with Crippen molar-refractivity contribution in [3.8, 4) is 11.5 Å². The fourth-order valence-corrected chi connectivity index (χ4v) is 4.89. The first-order chi connectivity index (χ1) is 18.9. The number of likely N-dealkylation sites (tertiary alicyclic amines) is 1. The van der Waals surface area contributed by atoms with Gasteiger partial charge in [-0.05, 0) is 70.8 Å². The Morgan fingerprint density at radius 3 is 2.30 bits per heavy atom. The van der Waals surface area contributed by atoms with Gasteiger partial charge >= 0.3 is 0 Å². The van der Waals surface area contributed by atoms with Crippen LogP contribution in [0, 0.1) is 12.8 Å². The zero-order chi connectivity index (χ0) is 29.2. The third-order valence-electron chi connectivity index (χ3n) is 7.14. The lowest BCUT2D eigenvalue weighted by Gasteiger charge is -2.27. The number of Topliss-reactive ketones (excluding diaryl/α,β-unsaturated/α-hetero) is 1. The van der Waals surface area contributed by atoms with Crippen molar-refractivity contribution in [2.75, 3.05) is 13.7 Å². The summed E-state index contributed by atoms with van der Waals surface area (Å²) < 4.78 is 11.3. The number of ether oxygens (including phenoxy) is 2. The van der Waals surface area contributed by atoms with Crippen LogP contribution in [0.3, 0.4) is 0 Å². The largest absolute Gasteiger partial charge is 0.507 e. The molecule has 0 spiro atoms. The van der Waals surface area contributed by atoms with Crippen molar-refractivity contribution in [3.63, 3.8) is 0 Å². The highest BCUT2D eigenvalue weighted by atomic mass is 16.5. The number of carbonyl (C=O) groups is 2. The molecule has 3 aromatic carbocycles. The molecule has 0 aliphatic carbocycles. The highest BCUT2D eigenvalue weighted by molar-refractivity contribution is 6.46. The Labute approximate surface area is 237 Å². The Bertz CT molecular complexity index is 1430. The summed E-state index contributed by atoms with van der Waals surface area (Å²) in [7, 11) is 1.59. The van der Waals surface area contributed by atoms with Crippen molar-refractivity contribution >= 4 is 17.4 Å². The average Bonchev–Trinajstić information content (AvgIpc) is 3.16. The van der Waals surface area contributed by atoms with Crippen LogP contribution in [0.1, 0.15) is 68.5 Å².